The average molecular weight is 339 g/mol. The Morgan fingerprint density at radius 3 is 2.91 bits per heavy atom. The zero-order chi connectivity index (χ0) is 15.7. The lowest BCUT2D eigenvalue weighted by molar-refractivity contribution is 0.0703. The first-order valence-electron chi connectivity index (χ1n) is 7.15. The van der Waals surface area contributed by atoms with E-state index in [0.717, 1.165) is 25.2 Å². The third-order valence-electron chi connectivity index (χ3n) is 4.00. The first kappa shape index (κ1) is 15.3. The fourth-order valence-electron chi connectivity index (χ4n) is 2.87. The Hall–Kier alpha value is -1.59. The van der Waals surface area contributed by atoms with E-state index in [4.69, 9.17) is 23.2 Å². The molecule has 7 heteroatoms. The Bertz CT molecular complexity index is 701. The molecule has 1 aromatic heterocycles. The fraction of sp³-hybridized carbons (Fsp3) is 0.400. The van der Waals surface area contributed by atoms with E-state index >= 15 is 0 Å². The molecule has 0 aliphatic carbocycles. The standard InChI is InChI=1S/C15H16Cl2N4O/c1-20-9-18-19-14(20)10-4-3-7-21(8-10)15(22)11-5-2-6-12(16)13(11)17/h2,5-6,9-10H,3-4,7-8H2,1H3. The summed E-state index contributed by atoms with van der Waals surface area (Å²) in [5.41, 5.74) is 0.452. The zero-order valence-electron chi connectivity index (χ0n) is 12.2. The summed E-state index contributed by atoms with van der Waals surface area (Å²) in [7, 11) is 1.92. The second-order valence-electron chi connectivity index (χ2n) is 5.49. The number of likely N-dealkylation sites (tertiary alicyclic amines) is 1. The summed E-state index contributed by atoms with van der Waals surface area (Å²) in [6.45, 7) is 1.34. The first-order valence-corrected chi connectivity index (χ1v) is 7.90. The van der Waals surface area contributed by atoms with Crippen molar-refractivity contribution in [3.63, 3.8) is 0 Å². The van der Waals surface area contributed by atoms with Crippen LogP contribution in [0.3, 0.4) is 0 Å². The number of amides is 1. The van der Waals surface area contributed by atoms with Gasteiger partial charge < -0.3 is 9.47 Å². The molecule has 0 radical (unpaired) electrons. The highest BCUT2D eigenvalue weighted by Gasteiger charge is 2.29. The van der Waals surface area contributed by atoms with E-state index in [1.54, 1.807) is 24.5 Å². The van der Waals surface area contributed by atoms with Gasteiger partial charge in [-0.25, -0.2) is 0 Å². The Morgan fingerprint density at radius 1 is 1.36 bits per heavy atom. The zero-order valence-corrected chi connectivity index (χ0v) is 13.7. The van der Waals surface area contributed by atoms with Crippen LogP contribution in [0.15, 0.2) is 24.5 Å². The Kier molecular flexibility index (Phi) is 4.36. The maximum absolute atomic E-state index is 12.7. The number of benzene rings is 1. The van der Waals surface area contributed by atoms with E-state index in [0.29, 0.717) is 22.2 Å². The number of carbonyl (C=O) groups is 1. The summed E-state index contributed by atoms with van der Waals surface area (Å²) in [5, 5.41) is 8.80. The van der Waals surface area contributed by atoms with Gasteiger partial charge in [0.1, 0.15) is 12.2 Å². The van der Waals surface area contributed by atoms with Gasteiger partial charge in [0.15, 0.2) is 0 Å². The van der Waals surface area contributed by atoms with Crippen LogP contribution in [0.2, 0.25) is 10.0 Å². The monoisotopic (exact) mass is 338 g/mol. The molecule has 2 aromatic rings. The molecule has 1 saturated heterocycles. The van der Waals surface area contributed by atoms with Gasteiger partial charge in [-0.3, -0.25) is 4.79 Å². The van der Waals surface area contributed by atoms with Gasteiger partial charge >= 0.3 is 0 Å². The van der Waals surface area contributed by atoms with Crippen molar-refractivity contribution >= 4 is 29.1 Å². The fourth-order valence-corrected chi connectivity index (χ4v) is 3.25. The highest BCUT2D eigenvalue weighted by atomic mass is 35.5. The van der Waals surface area contributed by atoms with Crippen molar-refractivity contribution < 1.29 is 4.79 Å². The van der Waals surface area contributed by atoms with Crippen LogP contribution in [0.5, 0.6) is 0 Å². The number of hydrogen-bond acceptors (Lipinski definition) is 3. The Morgan fingerprint density at radius 2 is 2.18 bits per heavy atom. The van der Waals surface area contributed by atoms with Gasteiger partial charge in [-0.05, 0) is 25.0 Å². The molecule has 1 amide bonds. The van der Waals surface area contributed by atoms with Crippen LogP contribution in [-0.4, -0.2) is 38.7 Å². The number of carbonyl (C=O) groups excluding carboxylic acids is 1. The molecule has 0 spiro atoms. The summed E-state index contributed by atoms with van der Waals surface area (Å²) < 4.78 is 1.91. The highest BCUT2D eigenvalue weighted by molar-refractivity contribution is 6.43. The van der Waals surface area contributed by atoms with Crippen molar-refractivity contribution in [3.05, 3.63) is 46.0 Å². The predicted octanol–water partition coefficient (Wildman–Crippen LogP) is 3.14. The maximum Gasteiger partial charge on any atom is 0.255 e. The summed E-state index contributed by atoms with van der Waals surface area (Å²) in [5.74, 6) is 1.03. The molecule has 1 aliphatic heterocycles. The van der Waals surface area contributed by atoms with Gasteiger partial charge in [-0.2, -0.15) is 0 Å². The van der Waals surface area contributed by atoms with Crippen LogP contribution in [0.25, 0.3) is 0 Å². The van der Waals surface area contributed by atoms with Crippen LogP contribution in [0.4, 0.5) is 0 Å². The van der Waals surface area contributed by atoms with Gasteiger partial charge in [0.2, 0.25) is 0 Å². The third-order valence-corrected chi connectivity index (χ3v) is 4.82. The largest absolute Gasteiger partial charge is 0.338 e. The van der Waals surface area contributed by atoms with E-state index in [2.05, 4.69) is 10.2 Å². The number of rotatable bonds is 2. The van der Waals surface area contributed by atoms with Gasteiger partial charge in [-0.1, -0.05) is 29.3 Å². The second-order valence-corrected chi connectivity index (χ2v) is 6.28. The minimum atomic E-state index is -0.0839. The van der Waals surface area contributed by atoms with Crippen molar-refractivity contribution in [2.75, 3.05) is 13.1 Å². The Balaban J connectivity index is 1.81. The van der Waals surface area contributed by atoms with Crippen molar-refractivity contribution in [2.24, 2.45) is 7.05 Å². The molecular formula is C15H16Cl2N4O. The molecule has 0 saturated carbocycles. The quantitative estimate of drug-likeness (QED) is 0.845. The van der Waals surface area contributed by atoms with Gasteiger partial charge in [0, 0.05) is 26.1 Å². The van der Waals surface area contributed by atoms with Crippen LogP contribution >= 0.6 is 23.2 Å². The molecule has 1 atom stereocenters. The number of aromatic nitrogens is 3. The molecule has 2 heterocycles. The Labute approximate surface area is 138 Å². The molecule has 1 unspecified atom stereocenters. The lowest BCUT2D eigenvalue weighted by Crippen LogP contribution is -2.39. The minimum Gasteiger partial charge on any atom is -0.338 e. The lowest BCUT2D eigenvalue weighted by atomic mass is 9.96. The molecule has 0 N–H and O–H groups in total. The van der Waals surface area contributed by atoms with E-state index < -0.39 is 0 Å². The number of piperidine rings is 1. The van der Waals surface area contributed by atoms with Crippen LogP contribution in [0, 0.1) is 0 Å². The van der Waals surface area contributed by atoms with Crippen LogP contribution in [0.1, 0.15) is 34.9 Å². The smallest absolute Gasteiger partial charge is 0.255 e. The normalized spacial score (nSPS) is 18.5. The molecular weight excluding hydrogens is 323 g/mol. The molecule has 3 rings (SSSR count). The van der Waals surface area contributed by atoms with E-state index in [1.165, 1.54) is 0 Å². The van der Waals surface area contributed by atoms with Crippen molar-refractivity contribution in [3.8, 4) is 0 Å². The number of aryl methyl sites for hydroxylation is 1. The van der Waals surface area contributed by atoms with E-state index in [-0.39, 0.29) is 11.8 Å². The van der Waals surface area contributed by atoms with Crippen LogP contribution in [-0.2, 0) is 7.05 Å². The number of hydrogen-bond donors (Lipinski definition) is 0. The predicted molar refractivity (Wildman–Crippen MR) is 85.3 cm³/mol. The SMILES string of the molecule is Cn1cnnc1C1CCCN(C(=O)c2cccc(Cl)c2Cl)C1. The maximum atomic E-state index is 12.7. The van der Waals surface area contributed by atoms with E-state index in [1.807, 2.05) is 16.5 Å². The average Bonchev–Trinajstić information content (AvgIpc) is 2.96. The molecule has 5 nitrogen and oxygen atoms in total. The molecule has 1 aromatic carbocycles. The first-order chi connectivity index (χ1) is 10.6. The number of halogens is 2. The summed E-state index contributed by atoms with van der Waals surface area (Å²) >= 11 is 12.2. The van der Waals surface area contributed by atoms with Crippen LogP contribution < -0.4 is 0 Å². The molecule has 116 valence electrons. The number of nitrogens with zero attached hydrogens (tertiary/aromatic N) is 4. The van der Waals surface area contributed by atoms with Crippen molar-refractivity contribution in [1.82, 2.24) is 19.7 Å². The van der Waals surface area contributed by atoms with E-state index in [9.17, 15) is 4.79 Å². The topological polar surface area (TPSA) is 51.0 Å². The van der Waals surface area contributed by atoms with Crippen molar-refractivity contribution in [2.45, 2.75) is 18.8 Å². The van der Waals surface area contributed by atoms with Gasteiger partial charge in [0.05, 0.1) is 15.6 Å². The molecule has 1 aliphatic rings. The second kappa shape index (κ2) is 6.26. The van der Waals surface area contributed by atoms with Crippen molar-refractivity contribution in [1.29, 1.82) is 0 Å². The lowest BCUT2D eigenvalue weighted by Gasteiger charge is -2.32. The highest BCUT2D eigenvalue weighted by Crippen LogP contribution is 2.30. The van der Waals surface area contributed by atoms with Gasteiger partial charge in [0.25, 0.3) is 5.91 Å². The summed E-state index contributed by atoms with van der Waals surface area (Å²) in [6, 6.07) is 5.13. The molecule has 0 bridgehead atoms. The van der Waals surface area contributed by atoms with Gasteiger partial charge in [-0.15, -0.1) is 10.2 Å². The molecule has 1 fully saturated rings. The third kappa shape index (κ3) is 2.83. The summed E-state index contributed by atoms with van der Waals surface area (Å²) in [4.78, 5) is 14.5. The summed E-state index contributed by atoms with van der Waals surface area (Å²) in [6.07, 6.45) is 3.62. The molecule has 22 heavy (non-hydrogen) atoms. The minimum absolute atomic E-state index is 0.0839.